The molecule has 24 heavy (non-hydrogen) atoms. The van der Waals surface area contributed by atoms with Gasteiger partial charge >= 0.3 is 0 Å². The number of imidazole rings is 1. The van der Waals surface area contributed by atoms with Gasteiger partial charge in [-0.05, 0) is 37.7 Å². The zero-order chi connectivity index (χ0) is 17.1. The van der Waals surface area contributed by atoms with Gasteiger partial charge in [-0.25, -0.2) is 4.98 Å². The molecule has 2 heterocycles. The topological polar surface area (TPSA) is 70.7 Å². The number of anilines is 1. The first-order valence-corrected chi connectivity index (χ1v) is 9.83. The monoisotopic (exact) mass is 360 g/mol. The summed E-state index contributed by atoms with van der Waals surface area (Å²) in [6, 6.07) is 2.29. The van der Waals surface area contributed by atoms with Crippen molar-refractivity contribution >= 4 is 34.0 Å². The normalized spacial score (nSPS) is 14.7. The van der Waals surface area contributed by atoms with Crippen LogP contribution in [0.2, 0.25) is 0 Å². The lowest BCUT2D eigenvalue weighted by Crippen LogP contribution is -2.25. The van der Waals surface area contributed by atoms with E-state index in [9.17, 15) is 10.1 Å². The van der Waals surface area contributed by atoms with E-state index in [4.69, 9.17) is 0 Å². The molecule has 0 bridgehead atoms. The molecule has 1 N–H and O–H groups in total. The molecule has 2 aromatic rings. The third-order valence-corrected chi connectivity index (χ3v) is 6.85. The van der Waals surface area contributed by atoms with E-state index >= 15 is 0 Å². The molecule has 7 heteroatoms. The summed E-state index contributed by atoms with van der Waals surface area (Å²) in [5.41, 5.74) is 1.81. The van der Waals surface area contributed by atoms with Crippen LogP contribution >= 0.6 is 23.1 Å². The Hall–Kier alpha value is -1.78. The van der Waals surface area contributed by atoms with Crippen molar-refractivity contribution in [2.24, 2.45) is 7.05 Å². The van der Waals surface area contributed by atoms with Gasteiger partial charge in [0, 0.05) is 24.3 Å². The van der Waals surface area contributed by atoms with E-state index in [-0.39, 0.29) is 11.2 Å². The summed E-state index contributed by atoms with van der Waals surface area (Å²) in [5, 5.41) is 13.8. The van der Waals surface area contributed by atoms with Crippen molar-refractivity contribution in [3.05, 3.63) is 28.4 Å². The molecule has 1 aliphatic carbocycles. The summed E-state index contributed by atoms with van der Waals surface area (Å²) in [7, 11) is 1.92. The van der Waals surface area contributed by atoms with Crippen LogP contribution in [0.15, 0.2) is 17.6 Å². The fraction of sp³-hybridized carbons (Fsp3) is 0.471. The highest BCUT2D eigenvalue weighted by atomic mass is 32.2. The third-order valence-electron chi connectivity index (χ3n) is 4.21. The average Bonchev–Trinajstić information content (AvgIpc) is 3.14. The highest BCUT2D eigenvalue weighted by Gasteiger charge is 2.25. The maximum Gasteiger partial charge on any atom is 0.238 e. The highest BCUT2D eigenvalue weighted by molar-refractivity contribution is 8.00. The van der Waals surface area contributed by atoms with Gasteiger partial charge in [-0.1, -0.05) is 18.7 Å². The summed E-state index contributed by atoms with van der Waals surface area (Å²) >= 11 is 3.03. The van der Waals surface area contributed by atoms with Crippen LogP contribution in [0.1, 0.15) is 42.2 Å². The largest absolute Gasteiger partial charge is 0.329 e. The van der Waals surface area contributed by atoms with E-state index in [0.717, 1.165) is 30.0 Å². The maximum atomic E-state index is 12.7. The fourth-order valence-electron chi connectivity index (χ4n) is 2.88. The Morgan fingerprint density at radius 1 is 1.54 bits per heavy atom. The van der Waals surface area contributed by atoms with E-state index in [1.165, 1.54) is 23.1 Å². The molecule has 0 radical (unpaired) electrons. The molecule has 1 atom stereocenters. The second kappa shape index (κ2) is 7.41. The van der Waals surface area contributed by atoms with Crippen LogP contribution in [0.25, 0.3) is 0 Å². The summed E-state index contributed by atoms with van der Waals surface area (Å²) < 4.78 is 1.91. The average molecular weight is 361 g/mol. The van der Waals surface area contributed by atoms with Gasteiger partial charge in [-0.15, -0.1) is 11.3 Å². The fourth-order valence-corrected chi connectivity index (χ4v) is 5.06. The van der Waals surface area contributed by atoms with E-state index in [1.807, 2.05) is 24.7 Å². The number of hydrogen-bond acceptors (Lipinski definition) is 5. The van der Waals surface area contributed by atoms with E-state index < -0.39 is 0 Å². The molecule has 5 nitrogen and oxygen atoms in total. The molecule has 126 valence electrons. The SMILES string of the molecule is CCC(Sc1nccn1C)C(=O)Nc1sc2c(c1C#N)CCCC2. The van der Waals surface area contributed by atoms with Crippen molar-refractivity contribution in [1.82, 2.24) is 9.55 Å². The van der Waals surface area contributed by atoms with Crippen LogP contribution in [0.5, 0.6) is 0 Å². The van der Waals surface area contributed by atoms with Crippen molar-refractivity contribution in [2.75, 3.05) is 5.32 Å². The standard InChI is InChI=1S/C17H20N4OS2/c1-3-13(24-17-19-8-9-21(17)2)15(22)20-16-12(10-18)11-6-4-5-7-14(11)23-16/h8-9,13H,3-7H2,1-2H3,(H,20,22). The number of thioether (sulfide) groups is 1. The molecule has 1 aliphatic rings. The molecule has 0 fully saturated rings. The number of aromatic nitrogens is 2. The number of thiophene rings is 1. The van der Waals surface area contributed by atoms with Gasteiger partial charge in [-0.2, -0.15) is 5.26 Å². The quantitative estimate of drug-likeness (QED) is 0.825. The van der Waals surface area contributed by atoms with Crippen molar-refractivity contribution in [2.45, 2.75) is 49.4 Å². The zero-order valence-corrected chi connectivity index (χ0v) is 15.5. The van der Waals surface area contributed by atoms with Gasteiger partial charge in [0.15, 0.2) is 5.16 Å². The number of carbonyl (C=O) groups is 1. The second-order valence-corrected chi connectivity index (χ2v) is 8.13. The number of nitrogens with zero attached hydrogens (tertiary/aromatic N) is 3. The van der Waals surface area contributed by atoms with E-state index in [0.29, 0.717) is 17.0 Å². The predicted octanol–water partition coefficient (Wildman–Crippen LogP) is 3.74. The van der Waals surface area contributed by atoms with Gasteiger partial charge < -0.3 is 9.88 Å². The molecule has 1 unspecified atom stereocenters. The third kappa shape index (κ3) is 3.35. The smallest absolute Gasteiger partial charge is 0.238 e. The number of amides is 1. The van der Waals surface area contributed by atoms with Crippen LogP contribution in [-0.4, -0.2) is 20.7 Å². The molecular weight excluding hydrogens is 340 g/mol. The molecule has 0 spiro atoms. The lowest BCUT2D eigenvalue weighted by Gasteiger charge is -2.13. The Balaban J connectivity index is 1.77. The van der Waals surface area contributed by atoms with Crippen LogP contribution in [0.3, 0.4) is 0 Å². The molecule has 0 saturated carbocycles. The van der Waals surface area contributed by atoms with Crippen molar-refractivity contribution in [1.29, 1.82) is 5.26 Å². The first kappa shape index (κ1) is 17.1. The molecule has 0 aliphatic heterocycles. The number of nitriles is 1. The number of aryl methyl sites for hydroxylation is 2. The molecule has 3 rings (SSSR count). The first-order valence-electron chi connectivity index (χ1n) is 8.13. The van der Waals surface area contributed by atoms with Gasteiger partial charge in [0.05, 0.1) is 10.8 Å². The number of carbonyl (C=O) groups excluding carboxylic acids is 1. The van der Waals surface area contributed by atoms with E-state index in [2.05, 4.69) is 16.4 Å². The highest BCUT2D eigenvalue weighted by Crippen LogP contribution is 2.38. The second-order valence-electron chi connectivity index (χ2n) is 5.85. The Morgan fingerprint density at radius 3 is 3.00 bits per heavy atom. The number of rotatable bonds is 5. The summed E-state index contributed by atoms with van der Waals surface area (Å²) in [5.74, 6) is -0.0550. The zero-order valence-electron chi connectivity index (χ0n) is 13.8. The minimum absolute atomic E-state index is 0.0550. The molecular formula is C17H20N4OS2. The van der Waals surface area contributed by atoms with Gasteiger partial charge in [0.1, 0.15) is 11.1 Å². The maximum absolute atomic E-state index is 12.7. The number of nitrogens with one attached hydrogen (secondary N) is 1. The molecule has 0 aromatic carbocycles. The van der Waals surface area contributed by atoms with E-state index in [1.54, 1.807) is 17.5 Å². The van der Waals surface area contributed by atoms with Gasteiger partial charge in [-0.3, -0.25) is 4.79 Å². The van der Waals surface area contributed by atoms with Crippen LogP contribution in [0.4, 0.5) is 5.00 Å². The lowest BCUT2D eigenvalue weighted by molar-refractivity contribution is -0.115. The molecule has 1 amide bonds. The summed E-state index contributed by atoms with van der Waals surface area (Å²) in [4.78, 5) is 18.2. The van der Waals surface area contributed by atoms with Crippen molar-refractivity contribution < 1.29 is 4.79 Å². The van der Waals surface area contributed by atoms with Crippen molar-refractivity contribution in [3.8, 4) is 6.07 Å². The van der Waals surface area contributed by atoms with Gasteiger partial charge in [0.25, 0.3) is 0 Å². The van der Waals surface area contributed by atoms with Crippen LogP contribution in [0, 0.1) is 11.3 Å². The van der Waals surface area contributed by atoms with Crippen LogP contribution in [-0.2, 0) is 24.7 Å². The lowest BCUT2D eigenvalue weighted by atomic mass is 9.96. The summed E-state index contributed by atoms with van der Waals surface area (Å²) in [6.45, 7) is 1.99. The Labute approximate surface area is 150 Å². The Kier molecular flexibility index (Phi) is 5.27. The summed E-state index contributed by atoms with van der Waals surface area (Å²) in [6.07, 6.45) is 8.56. The molecule has 0 saturated heterocycles. The number of fused-ring (bicyclic) bond motifs is 1. The predicted molar refractivity (Wildman–Crippen MR) is 97.4 cm³/mol. The minimum atomic E-state index is -0.225. The minimum Gasteiger partial charge on any atom is -0.329 e. The Morgan fingerprint density at radius 2 is 2.33 bits per heavy atom. The van der Waals surface area contributed by atoms with Crippen molar-refractivity contribution in [3.63, 3.8) is 0 Å². The number of hydrogen-bond donors (Lipinski definition) is 1. The first-order chi connectivity index (χ1) is 11.6. The Bertz CT molecular complexity index is 787. The van der Waals surface area contributed by atoms with Crippen LogP contribution < -0.4 is 5.32 Å². The molecule has 2 aromatic heterocycles. The van der Waals surface area contributed by atoms with Gasteiger partial charge in [0.2, 0.25) is 5.91 Å².